The summed E-state index contributed by atoms with van der Waals surface area (Å²) >= 11 is 0. The molecule has 0 bridgehead atoms. The van der Waals surface area contributed by atoms with Crippen molar-refractivity contribution in [2.24, 2.45) is 0 Å². The topological polar surface area (TPSA) is 66.2 Å². The zero-order valence-corrected chi connectivity index (χ0v) is 11.0. The lowest BCUT2D eigenvalue weighted by Gasteiger charge is -2.12. The molecule has 0 aromatic carbocycles. The van der Waals surface area contributed by atoms with Crippen molar-refractivity contribution in [2.45, 2.75) is 12.4 Å². The Bertz CT molecular complexity index is 717. The SMILES string of the molecule is OB(O)c1cc(-c2cccc(C(F)(F)F)n2)nc(C(F)(F)F)c1. The third-order valence-electron chi connectivity index (χ3n) is 2.74. The van der Waals surface area contributed by atoms with Gasteiger partial charge < -0.3 is 10.0 Å². The molecular weight excluding hydrogens is 329 g/mol. The van der Waals surface area contributed by atoms with E-state index in [0.717, 1.165) is 18.2 Å². The minimum Gasteiger partial charge on any atom is -0.423 e. The smallest absolute Gasteiger partial charge is 0.423 e. The summed E-state index contributed by atoms with van der Waals surface area (Å²) in [5.41, 5.74) is -4.39. The van der Waals surface area contributed by atoms with Crippen molar-refractivity contribution in [3.63, 3.8) is 0 Å². The summed E-state index contributed by atoms with van der Waals surface area (Å²) in [6.07, 6.45) is -9.70. The van der Waals surface area contributed by atoms with Gasteiger partial charge in [0, 0.05) is 0 Å². The van der Waals surface area contributed by atoms with Crippen LogP contribution >= 0.6 is 0 Å². The van der Waals surface area contributed by atoms with Gasteiger partial charge in [0.2, 0.25) is 0 Å². The molecule has 23 heavy (non-hydrogen) atoms. The van der Waals surface area contributed by atoms with Gasteiger partial charge in [-0.15, -0.1) is 0 Å². The standard InChI is InChI=1S/C12H7BF6N2O2/c14-11(15,16)9-3-1-2-7(20-9)8-4-6(13(22)23)5-10(21-8)12(17,18)19/h1-5,22-23H. The molecule has 0 atom stereocenters. The van der Waals surface area contributed by atoms with Crippen LogP contribution < -0.4 is 5.46 Å². The zero-order valence-electron chi connectivity index (χ0n) is 11.0. The second kappa shape index (κ2) is 5.82. The molecule has 11 heteroatoms. The molecule has 0 amide bonds. The van der Waals surface area contributed by atoms with Crippen LogP contribution in [0.4, 0.5) is 26.3 Å². The monoisotopic (exact) mass is 336 g/mol. The molecule has 2 aromatic rings. The van der Waals surface area contributed by atoms with Gasteiger partial charge in [0.05, 0.1) is 11.4 Å². The number of pyridine rings is 2. The maximum Gasteiger partial charge on any atom is 0.488 e. The Hall–Kier alpha value is -2.14. The van der Waals surface area contributed by atoms with E-state index in [4.69, 9.17) is 10.0 Å². The third-order valence-corrected chi connectivity index (χ3v) is 2.74. The summed E-state index contributed by atoms with van der Waals surface area (Å²) in [6.45, 7) is 0. The van der Waals surface area contributed by atoms with E-state index in [-0.39, 0.29) is 0 Å². The molecule has 2 aromatic heterocycles. The summed E-state index contributed by atoms with van der Waals surface area (Å²) in [5, 5.41) is 18.1. The van der Waals surface area contributed by atoms with Gasteiger partial charge >= 0.3 is 19.5 Å². The quantitative estimate of drug-likeness (QED) is 0.649. The lowest BCUT2D eigenvalue weighted by Crippen LogP contribution is -2.31. The van der Waals surface area contributed by atoms with Crippen molar-refractivity contribution in [2.75, 3.05) is 0 Å². The fourth-order valence-corrected chi connectivity index (χ4v) is 1.71. The predicted octanol–water partition coefficient (Wildman–Crippen LogP) is 1.86. The summed E-state index contributed by atoms with van der Waals surface area (Å²) in [7, 11) is -2.25. The molecule has 2 N–H and O–H groups in total. The molecule has 0 saturated heterocycles. The summed E-state index contributed by atoms with van der Waals surface area (Å²) in [5.74, 6) is 0. The largest absolute Gasteiger partial charge is 0.488 e. The minimum absolute atomic E-state index is 0.391. The minimum atomic E-state index is -4.92. The highest BCUT2D eigenvalue weighted by Crippen LogP contribution is 2.31. The number of rotatable bonds is 2. The first-order valence-electron chi connectivity index (χ1n) is 5.98. The fraction of sp³-hybridized carbons (Fsp3) is 0.167. The molecule has 122 valence electrons. The highest BCUT2D eigenvalue weighted by molar-refractivity contribution is 6.58. The third kappa shape index (κ3) is 3.99. The van der Waals surface area contributed by atoms with Gasteiger partial charge in [0.15, 0.2) is 0 Å². The molecule has 0 fully saturated rings. The number of aromatic nitrogens is 2. The van der Waals surface area contributed by atoms with Gasteiger partial charge in [0.25, 0.3) is 0 Å². The highest BCUT2D eigenvalue weighted by Gasteiger charge is 2.35. The lowest BCUT2D eigenvalue weighted by molar-refractivity contribution is -0.142. The van der Waals surface area contributed by atoms with Gasteiger partial charge in [-0.1, -0.05) is 6.07 Å². The van der Waals surface area contributed by atoms with Crippen LogP contribution in [0.25, 0.3) is 11.4 Å². The molecular formula is C12H7BF6N2O2. The maximum atomic E-state index is 12.8. The fourth-order valence-electron chi connectivity index (χ4n) is 1.71. The number of hydrogen-bond acceptors (Lipinski definition) is 4. The van der Waals surface area contributed by atoms with E-state index in [2.05, 4.69) is 9.97 Å². The molecule has 0 aliphatic rings. The molecule has 0 radical (unpaired) electrons. The van der Waals surface area contributed by atoms with Crippen LogP contribution in [-0.2, 0) is 12.4 Å². The van der Waals surface area contributed by atoms with Crippen LogP contribution in [0.3, 0.4) is 0 Å². The van der Waals surface area contributed by atoms with E-state index in [9.17, 15) is 26.3 Å². The van der Waals surface area contributed by atoms with Crippen LogP contribution in [0.15, 0.2) is 30.3 Å². The van der Waals surface area contributed by atoms with Crippen LogP contribution in [0.1, 0.15) is 11.4 Å². The van der Waals surface area contributed by atoms with E-state index < -0.39 is 47.7 Å². The van der Waals surface area contributed by atoms with Gasteiger partial charge in [-0.2, -0.15) is 26.3 Å². The Morgan fingerprint density at radius 3 is 1.87 bits per heavy atom. The van der Waals surface area contributed by atoms with Crippen molar-refractivity contribution in [1.82, 2.24) is 9.97 Å². The van der Waals surface area contributed by atoms with Crippen molar-refractivity contribution >= 4 is 12.6 Å². The molecule has 0 aliphatic carbocycles. The van der Waals surface area contributed by atoms with Gasteiger partial charge in [-0.3, -0.25) is 0 Å². The molecule has 0 aliphatic heterocycles. The van der Waals surface area contributed by atoms with E-state index in [1.54, 1.807) is 0 Å². The Morgan fingerprint density at radius 1 is 0.783 bits per heavy atom. The summed E-state index contributed by atoms with van der Waals surface area (Å²) in [4.78, 5) is 6.42. The number of halogens is 6. The number of hydrogen-bond donors (Lipinski definition) is 2. The Balaban J connectivity index is 2.61. The molecule has 0 saturated carbocycles. The molecule has 4 nitrogen and oxygen atoms in total. The maximum absolute atomic E-state index is 12.8. The van der Waals surface area contributed by atoms with Crippen LogP contribution in [0, 0.1) is 0 Å². The zero-order chi connectivity index (χ0) is 17.4. The average molecular weight is 336 g/mol. The van der Waals surface area contributed by atoms with E-state index in [1.165, 1.54) is 0 Å². The lowest BCUT2D eigenvalue weighted by atomic mass is 9.80. The van der Waals surface area contributed by atoms with Crippen molar-refractivity contribution in [3.05, 3.63) is 41.7 Å². The van der Waals surface area contributed by atoms with Gasteiger partial charge in [-0.25, -0.2) is 9.97 Å². The highest BCUT2D eigenvalue weighted by atomic mass is 19.4. The number of alkyl halides is 6. The first-order chi connectivity index (χ1) is 10.5. The summed E-state index contributed by atoms with van der Waals surface area (Å²) in [6, 6.07) is 3.86. The molecule has 2 heterocycles. The van der Waals surface area contributed by atoms with Crippen LogP contribution in [0.5, 0.6) is 0 Å². The van der Waals surface area contributed by atoms with Crippen LogP contribution in [-0.4, -0.2) is 27.1 Å². The van der Waals surface area contributed by atoms with E-state index in [1.807, 2.05) is 0 Å². The molecule has 0 unspecified atom stereocenters. The van der Waals surface area contributed by atoms with Crippen LogP contribution in [0.2, 0.25) is 0 Å². The Kier molecular flexibility index (Phi) is 4.35. The second-order valence-electron chi connectivity index (χ2n) is 4.45. The normalized spacial score (nSPS) is 12.3. The first kappa shape index (κ1) is 17.2. The van der Waals surface area contributed by atoms with E-state index in [0.29, 0.717) is 12.1 Å². The predicted molar refractivity (Wildman–Crippen MR) is 67.3 cm³/mol. The van der Waals surface area contributed by atoms with Gasteiger partial charge in [-0.05, 0) is 29.7 Å². The van der Waals surface area contributed by atoms with Crippen molar-refractivity contribution in [1.29, 1.82) is 0 Å². The first-order valence-corrected chi connectivity index (χ1v) is 5.98. The van der Waals surface area contributed by atoms with Crippen molar-refractivity contribution < 1.29 is 36.4 Å². The van der Waals surface area contributed by atoms with Gasteiger partial charge in [0.1, 0.15) is 11.4 Å². The second-order valence-corrected chi connectivity index (χ2v) is 4.45. The summed E-state index contributed by atoms with van der Waals surface area (Å²) < 4.78 is 76.2. The molecule has 2 rings (SSSR count). The average Bonchev–Trinajstić information content (AvgIpc) is 2.45. The Labute approximate surface area is 125 Å². The van der Waals surface area contributed by atoms with E-state index >= 15 is 0 Å². The van der Waals surface area contributed by atoms with Crippen molar-refractivity contribution in [3.8, 4) is 11.4 Å². The Morgan fingerprint density at radius 2 is 1.35 bits per heavy atom. The molecule has 0 spiro atoms. The number of nitrogens with zero attached hydrogens (tertiary/aromatic N) is 2.